The van der Waals surface area contributed by atoms with Crippen molar-refractivity contribution in [3.63, 3.8) is 0 Å². The van der Waals surface area contributed by atoms with Crippen molar-refractivity contribution < 1.29 is 13.9 Å². The van der Waals surface area contributed by atoms with E-state index in [-0.39, 0.29) is 18.1 Å². The molecule has 0 aliphatic carbocycles. The first-order valence-electron chi connectivity index (χ1n) is 9.22. The zero-order chi connectivity index (χ0) is 18.1. The van der Waals surface area contributed by atoms with Gasteiger partial charge in [0.05, 0.1) is 24.3 Å². The number of ether oxygens (including phenoxy) is 1. The first kappa shape index (κ1) is 17.2. The van der Waals surface area contributed by atoms with Crippen LogP contribution < -0.4 is 0 Å². The molecule has 2 aromatic heterocycles. The number of amides is 1. The highest BCUT2D eigenvalue weighted by Crippen LogP contribution is 2.26. The van der Waals surface area contributed by atoms with Gasteiger partial charge in [0.25, 0.3) is 5.91 Å². The molecule has 2 aromatic rings. The molecule has 0 spiro atoms. The van der Waals surface area contributed by atoms with Crippen LogP contribution in [0.25, 0.3) is 0 Å². The highest BCUT2D eigenvalue weighted by atomic mass is 16.5. The molecule has 0 saturated carbocycles. The lowest BCUT2D eigenvalue weighted by atomic mass is 9.97. The van der Waals surface area contributed by atoms with Crippen molar-refractivity contribution in [2.75, 3.05) is 26.2 Å². The summed E-state index contributed by atoms with van der Waals surface area (Å²) in [6.45, 7) is 7.65. The number of aromatic nitrogens is 1. The second kappa shape index (κ2) is 7.21. The normalized spacial score (nSPS) is 23.7. The van der Waals surface area contributed by atoms with E-state index in [1.165, 1.54) is 5.56 Å². The Bertz CT molecular complexity index is 774. The van der Waals surface area contributed by atoms with Crippen molar-refractivity contribution in [3.05, 3.63) is 53.2 Å². The number of nitrogens with zero attached hydrogens (tertiary/aromatic N) is 3. The third kappa shape index (κ3) is 3.39. The number of rotatable bonds is 3. The zero-order valence-electron chi connectivity index (χ0n) is 15.4. The highest BCUT2D eigenvalue weighted by Gasteiger charge is 2.39. The molecule has 2 aliphatic rings. The minimum absolute atomic E-state index is 0.0623. The summed E-state index contributed by atoms with van der Waals surface area (Å²) in [4.78, 5) is 21.5. The summed E-state index contributed by atoms with van der Waals surface area (Å²) in [5, 5.41) is 0. The van der Waals surface area contributed by atoms with Crippen LogP contribution in [-0.2, 0) is 11.3 Å². The van der Waals surface area contributed by atoms with E-state index in [2.05, 4.69) is 9.88 Å². The Labute approximate surface area is 153 Å². The Morgan fingerprint density at radius 2 is 2.08 bits per heavy atom. The molecule has 0 unspecified atom stereocenters. The van der Waals surface area contributed by atoms with E-state index in [0.717, 1.165) is 38.4 Å². The fourth-order valence-electron chi connectivity index (χ4n) is 4.06. The van der Waals surface area contributed by atoms with E-state index in [9.17, 15) is 4.79 Å². The summed E-state index contributed by atoms with van der Waals surface area (Å²) in [7, 11) is 0. The van der Waals surface area contributed by atoms with Crippen LogP contribution in [0.15, 0.2) is 35.0 Å². The molecule has 138 valence electrons. The summed E-state index contributed by atoms with van der Waals surface area (Å²) in [5.74, 6) is 1.54. The van der Waals surface area contributed by atoms with Crippen molar-refractivity contribution >= 4 is 5.91 Å². The molecule has 2 atom stereocenters. The third-order valence-corrected chi connectivity index (χ3v) is 5.39. The number of furan rings is 1. The van der Waals surface area contributed by atoms with Crippen LogP contribution in [-0.4, -0.2) is 59.1 Å². The predicted octanol–water partition coefficient (Wildman–Crippen LogP) is 2.41. The number of likely N-dealkylation sites (tertiary alicyclic amines) is 1. The smallest absolute Gasteiger partial charge is 0.257 e. The molecule has 4 heterocycles. The minimum atomic E-state index is 0.0623. The number of carbonyl (C=O) groups excluding carboxylic acids is 1. The van der Waals surface area contributed by atoms with E-state index in [0.29, 0.717) is 17.9 Å². The first-order chi connectivity index (χ1) is 12.6. The van der Waals surface area contributed by atoms with Crippen molar-refractivity contribution in [1.82, 2.24) is 14.8 Å². The molecule has 2 saturated heterocycles. The van der Waals surface area contributed by atoms with Crippen LogP contribution >= 0.6 is 0 Å². The van der Waals surface area contributed by atoms with Gasteiger partial charge in [0, 0.05) is 38.6 Å². The third-order valence-electron chi connectivity index (χ3n) is 5.39. The number of fused-ring (bicyclic) bond motifs is 1. The largest absolute Gasteiger partial charge is 0.466 e. The maximum Gasteiger partial charge on any atom is 0.257 e. The summed E-state index contributed by atoms with van der Waals surface area (Å²) < 4.78 is 11.5. The average molecular weight is 355 g/mol. The van der Waals surface area contributed by atoms with Gasteiger partial charge in [0.15, 0.2) is 0 Å². The quantitative estimate of drug-likeness (QED) is 0.846. The van der Waals surface area contributed by atoms with Gasteiger partial charge in [-0.3, -0.25) is 14.7 Å². The van der Waals surface area contributed by atoms with Gasteiger partial charge in [0.1, 0.15) is 11.5 Å². The van der Waals surface area contributed by atoms with Gasteiger partial charge in [-0.15, -0.1) is 0 Å². The lowest BCUT2D eigenvalue weighted by Gasteiger charge is -2.47. The van der Waals surface area contributed by atoms with Gasteiger partial charge in [-0.2, -0.15) is 0 Å². The lowest BCUT2D eigenvalue weighted by Crippen LogP contribution is -2.60. The van der Waals surface area contributed by atoms with Crippen molar-refractivity contribution in [3.8, 4) is 0 Å². The SMILES string of the molecule is Cc1cc(C(=O)N2CC[C@@H]3OCCN(Cc4ccncc4)[C@@H]3C2)c(C)o1. The van der Waals surface area contributed by atoms with Gasteiger partial charge in [-0.25, -0.2) is 0 Å². The van der Waals surface area contributed by atoms with Gasteiger partial charge in [-0.1, -0.05) is 0 Å². The number of hydrogen-bond donors (Lipinski definition) is 0. The number of aryl methyl sites for hydroxylation is 2. The Hall–Kier alpha value is -2.18. The maximum absolute atomic E-state index is 13.0. The molecule has 26 heavy (non-hydrogen) atoms. The first-order valence-corrected chi connectivity index (χ1v) is 9.22. The topological polar surface area (TPSA) is 58.8 Å². The van der Waals surface area contributed by atoms with Gasteiger partial charge in [-0.05, 0) is 44.0 Å². The van der Waals surface area contributed by atoms with E-state index >= 15 is 0 Å². The average Bonchev–Trinajstić information content (AvgIpc) is 3.00. The Morgan fingerprint density at radius 3 is 2.81 bits per heavy atom. The number of hydrogen-bond acceptors (Lipinski definition) is 5. The molecule has 2 fully saturated rings. The molecule has 2 aliphatic heterocycles. The van der Waals surface area contributed by atoms with Crippen molar-refractivity contribution in [2.45, 2.75) is 39.0 Å². The number of carbonyl (C=O) groups is 1. The Morgan fingerprint density at radius 1 is 1.27 bits per heavy atom. The Balaban J connectivity index is 1.50. The zero-order valence-corrected chi connectivity index (χ0v) is 15.4. The molecule has 1 amide bonds. The Kier molecular flexibility index (Phi) is 4.78. The summed E-state index contributed by atoms with van der Waals surface area (Å²) in [6.07, 6.45) is 4.72. The van der Waals surface area contributed by atoms with Crippen LogP contribution in [0.3, 0.4) is 0 Å². The number of piperidine rings is 1. The minimum Gasteiger partial charge on any atom is -0.466 e. The second-order valence-electron chi connectivity index (χ2n) is 7.17. The highest BCUT2D eigenvalue weighted by molar-refractivity contribution is 5.95. The van der Waals surface area contributed by atoms with Crippen LogP contribution in [0.5, 0.6) is 0 Å². The van der Waals surface area contributed by atoms with E-state index in [4.69, 9.17) is 9.15 Å². The van der Waals surface area contributed by atoms with Crippen LogP contribution in [0.2, 0.25) is 0 Å². The molecule has 0 aromatic carbocycles. The molecule has 0 radical (unpaired) electrons. The van der Waals surface area contributed by atoms with E-state index < -0.39 is 0 Å². The van der Waals surface area contributed by atoms with Gasteiger partial charge in [0.2, 0.25) is 0 Å². The van der Waals surface area contributed by atoms with Crippen LogP contribution in [0, 0.1) is 13.8 Å². The second-order valence-corrected chi connectivity index (χ2v) is 7.17. The monoisotopic (exact) mass is 355 g/mol. The van der Waals surface area contributed by atoms with E-state index in [1.54, 1.807) is 0 Å². The number of pyridine rings is 1. The van der Waals surface area contributed by atoms with Crippen LogP contribution in [0.1, 0.15) is 33.9 Å². The standard InChI is InChI=1S/C20H25N3O3/c1-14-11-17(15(2)26-14)20(24)23-8-5-19-18(13-23)22(9-10-25-19)12-16-3-6-21-7-4-16/h3-4,6-7,11,18-19H,5,8-10,12-13H2,1-2H3/t18-,19+/m1/s1. The summed E-state index contributed by atoms with van der Waals surface area (Å²) in [6, 6.07) is 6.17. The molecule has 6 nitrogen and oxygen atoms in total. The molecule has 6 heteroatoms. The number of morpholine rings is 1. The predicted molar refractivity (Wildman–Crippen MR) is 96.9 cm³/mol. The lowest BCUT2D eigenvalue weighted by molar-refractivity contribution is -0.101. The molecular weight excluding hydrogens is 330 g/mol. The fraction of sp³-hybridized carbons (Fsp3) is 0.500. The van der Waals surface area contributed by atoms with Gasteiger partial charge >= 0.3 is 0 Å². The van der Waals surface area contributed by atoms with Crippen molar-refractivity contribution in [1.29, 1.82) is 0 Å². The van der Waals surface area contributed by atoms with Gasteiger partial charge < -0.3 is 14.1 Å². The maximum atomic E-state index is 13.0. The molecule has 0 N–H and O–H groups in total. The molecule has 4 rings (SSSR count). The fourth-order valence-corrected chi connectivity index (χ4v) is 4.06. The summed E-state index contributed by atoms with van der Waals surface area (Å²) >= 11 is 0. The molecule has 0 bridgehead atoms. The van der Waals surface area contributed by atoms with Crippen molar-refractivity contribution in [2.24, 2.45) is 0 Å². The van der Waals surface area contributed by atoms with Crippen LogP contribution in [0.4, 0.5) is 0 Å². The molecular formula is C20H25N3O3. The van der Waals surface area contributed by atoms with E-state index in [1.807, 2.05) is 49.3 Å². The summed E-state index contributed by atoms with van der Waals surface area (Å²) in [5.41, 5.74) is 1.92.